The van der Waals surface area contributed by atoms with Crippen LogP contribution in [-0.2, 0) is 32.0 Å². The number of nitrogens with two attached hydrogens (primary N) is 2. The summed E-state index contributed by atoms with van der Waals surface area (Å²) in [7, 11) is 0. The van der Waals surface area contributed by atoms with E-state index in [1.54, 1.807) is 12.1 Å². The number of carboxylic acid groups (broad SMARTS) is 1. The van der Waals surface area contributed by atoms with Crippen LogP contribution in [0.5, 0.6) is 5.75 Å². The lowest BCUT2D eigenvalue weighted by Crippen LogP contribution is -2.57. The average molecular weight is 554 g/mol. The highest BCUT2D eigenvalue weighted by molar-refractivity contribution is 5.94. The van der Waals surface area contributed by atoms with E-state index >= 15 is 0 Å². The fourth-order valence-electron chi connectivity index (χ4n) is 4.83. The van der Waals surface area contributed by atoms with Crippen molar-refractivity contribution in [3.63, 3.8) is 0 Å². The van der Waals surface area contributed by atoms with Crippen molar-refractivity contribution in [1.29, 1.82) is 0 Å². The summed E-state index contributed by atoms with van der Waals surface area (Å²) >= 11 is 0. The van der Waals surface area contributed by atoms with Crippen molar-refractivity contribution in [2.24, 2.45) is 11.5 Å². The number of rotatable bonds is 14. The van der Waals surface area contributed by atoms with Gasteiger partial charge >= 0.3 is 5.97 Å². The van der Waals surface area contributed by atoms with Crippen molar-refractivity contribution in [2.75, 3.05) is 13.1 Å². The third kappa shape index (κ3) is 8.78. The molecule has 1 aliphatic rings. The predicted molar refractivity (Wildman–Crippen MR) is 149 cm³/mol. The number of aromatic hydroxyl groups is 1. The third-order valence-electron chi connectivity index (χ3n) is 7.03. The van der Waals surface area contributed by atoms with Gasteiger partial charge in [0.1, 0.15) is 23.9 Å². The van der Waals surface area contributed by atoms with Crippen LogP contribution in [0.3, 0.4) is 0 Å². The number of hydrogen-bond acceptors (Lipinski definition) is 7. The number of unbranched alkanes of at least 4 members (excludes halogenated alkanes) is 1. The molecule has 3 rings (SSSR count). The molecule has 11 heteroatoms. The first-order valence-corrected chi connectivity index (χ1v) is 13.6. The zero-order valence-electron chi connectivity index (χ0n) is 22.5. The molecule has 1 aliphatic heterocycles. The van der Waals surface area contributed by atoms with Crippen LogP contribution in [0, 0.1) is 0 Å². The summed E-state index contributed by atoms with van der Waals surface area (Å²) in [4.78, 5) is 53.1. The van der Waals surface area contributed by atoms with Crippen LogP contribution in [0.2, 0.25) is 0 Å². The molecule has 4 unspecified atom stereocenters. The fraction of sp³-hybridized carbons (Fsp3) is 0.448. The first-order valence-electron chi connectivity index (χ1n) is 13.6. The molecule has 4 atom stereocenters. The number of hydrogen-bond donors (Lipinski definition) is 6. The van der Waals surface area contributed by atoms with E-state index in [9.17, 15) is 29.4 Å². The van der Waals surface area contributed by atoms with Crippen molar-refractivity contribution in [3.8, 4) is 5.75 Å². The summed E-state index contributed by atoms with van der Waals surface area (Å²) in [5, 5.41) is 24.7. The molecule has 0 saturated carbocycles. The number of amides is 3. The standard InChI is InChI=1S/C29H39N5O6/c30-15-5-4-9-23(32-26(36)22(31)17-19-7-2-1-3-8-19)27(37)33-24(18-20-11-13-21(35)14-12-20)28(38)34-16-6-10-25(34)29(39)40/h1-3,7-8,11-14,22-25,35H,4-6,9-10,15-18,30-31H2,(H,32,36)(H,33,37)(H,39,40). The number of carboxylic acids is 1. The van der Waals surface area contributed by atoms with E-state index in [1.165, 1.54) is 17.0 Å². The first-order chi connectivity index (χ1) is 19.2. The summed E-state index contributed by atoms with van der Waals surface area (Å²) in [5.41, 5.74) is 13.3. The number of nitrogens with one attached hydrogen (secondary N) is 2. The Balaban J connectivity index is 1.77. The van der Waals surface area contributed by atoms with Crippen molar-refractivity contribution < 1.29 is 29.4 Å². The number of carbonyl (C=O) groups is 4. The van der Waals surface area contributed by atoms with Gasteiger partial charge in [-0.05, 0) is 68.3 Å². The Kier molecular flexibility index (Phi) is 11.5. The minimum atomic E-state index is -1.10. The van der Waals surface area contributed by atoms with Crippen molar-refractivity contribution >= 4 is 23.7 Å². The average Bonchev–Trinajstić information content (AvgIpc) is 3.44. The van der Waals surface area contributed by atoms with Crippen LogP contribution in [0.25, 0.3) is 0 Å². The Bertz CT molecular complexity index is 1140. The third-order valence-corrected chi connectivity index (χ3v) is 7.03. The summed E-state index contributed by atoms with van der Waals surface area (Å²) in [5.74, 6) is -2.63. The molecule has 1 heterocycles. The molecular formula is C29H39N5O6. The Labute approximate surface area is 233 Å². The fourth-order valence-corrected chi connectivity index (χ4v) is 4.83. The predicted octanol–water partition coefficient (Wildman–Crippen LogP) is 0.679. The second-order valence-electron chi connectivity index (χ2n) is 10.1. The summed E-state index contributed by atoms with van der Waals surface area (Å²) in [6, 6.07) is 11.6. The molecule has 0 spiro atoms. The van der Waals surface area contributed by atoms with Crippen LogP contribution in [-0.4, -0.2) is 76.1 Å². The molecule has 0 bridgehead atoms. The second kappa shape index (κ2) is 15.0. The van der Waals surface area contributed by atoms with E-state index < -0.39 is 47.9 Å². The van der Waals surface area contributed by atoms with Crippen LogP contribution in [0.15, 0.2) is 54.6 Å². The molecule has 11 nitrogen and oxygen atoms in total. The van der Waals surface area contributed by atoms with E-state index in [0.717, 1.165) is 5.56 Å². The van der Waals surface area contributed by atoms with E-state index in [1.807, 2.05) is 30.3 Å². The van der Waals surface area contributed by atoms with Crippen LogP contribution in [0.1, 0.15) is 43.2 Å². The molecule has 0 aliphatic carbocycles. The zero-order chi connectivity index (χ0) is 29.1. The number of phenols is 1. The van der Waals surface area contributed by atoms with Gasteiger partial charge in [0, 0.05) is 13.0 Å². The Hall–Kier alpha value is -3.96. The van der Waals surface area contributed by atoms with Crippen molar-refractivity contribution in [2.45, 2.75) is 69.1 Å². The van der Waals surface area contributed by atoms with Gasteiger partial charge in [0.25, 0.3) is 0 Å². The lowest BCUT2D eigenvalue weighted by Gasteiger charge is -2.29. The minimum absolute atomic E-state index is 0.0515. The van der Waals surface area contributed by atoms with Gasteiger partial charge in [-0.15, -0.1) is 0 Å². The van der Waals surface area contributed by atoms with Gasteiger partial charge in [0.15, 0.2) is 0 Å². The quantitative estimate of drug-likeness (QED) is 0.184. The monoisotopic (exact) mass is 553 g/mol. The number of benzene rings is 2. The van der Waals surface area contributed by atoms with E-state index in [2.05, 4.69) is 10.6 Å². The van der Waals surface area contributed by atoms with Crippen molar-refractivity contribution in [3.05, 3.63) is 65.7 Å². The Morgan fingerprint density at radius 3 is 2.20 bits per heavy atom. The molecule has 0 aromatic heterocycles. The molecule has 0 radical (unpaired) electrons. The van der Waals surface area contributed by atoms with Gasteiger partial charge in [-0.25, -0.2) is 4.79 Å². The van der Waals surface area contributed by atoms with Gasteiger partial charge in [-0.3, -0.25) is 14.4 Å². The van der Waals surface area contributed by atoms with Gasteiger partial charge in [-0.2, -0.15) is 0 Å². The Morgan fingerprint density at radius 2 is 1.55 bits per heavy atom. The van der Waals surface area contributed by atoms with Gasteiger partial charge in [0.2, 0.25) is 17.7 Å². The minimum Gasteiger partial charge on any atom is -0.508 e. The molecule has 1 fully saturated rings. The second-order valence-corrected chi connectivity index (χ2v) is 10.1. The van der Waals surface area contributed by atoms with Crippen molar-refractivity contribution in [1.82, 2.24) is 15.5 Å². The highest BCUT2D eigenvalue weighted by Crippen LogP contribution is 2.20. The summed E-state index contributed by atoms with van der Waals surface area (Å²) in [6.07, 6.45) is 2.72. The van der Waals surface area contributed by atoms with E-state index in [0.29, 0.717) is 37.8 Å². The number of aliphatic carboxylic acids is 1. The smallest absolute Gasteiger partial charge is 0.326 e. The van der Waals surface area contributed by atoms with Crippen LogP contribution >= 0.6 is 0 Å². The molecule has 1 saturated heterocycles. The van der Waals surface area contributed by atoms with Gasteiger partial charge in [0.05, 0.1) is 6.04 Å². The number of phenolic OH excluding ortho intramolecular Hbond substituents is 1. The number of nitrogens with zero attached hydrogens (tertiary/aromatic N) is 1. The maximum Gasteiger partial charge on any atom is 0.326 e. The highest BCUT2D eigenvalue weighted by Gasteiger charge is 2.38. The Morgan fingerprint density at radius 1 is 0.900 bits per heavy atom. The first kappa shape index (κ1) is 30.6. The zero-order valence-corrected chi connectivity index (χ0v) is 22.5. The molecule has 3 amide bonds. The molecule has 8 N–H and O–H groups in total. The van der Waals surface area contributed by atoms with E-state index in [4.69, 9.17) is 11.5 Å². The lowest BCUT2D eigenvalue weighted by atomic mass is 10.0. The lowest BCUT2D eigenvalue weighted by molar-refractivity contribution is -0.149. The summed E-state index contributed by atoms with van der Waals surface area (Å²) < 4.78 is 0. The maximum absolute atomic E-state index is 13.6. The molecule has 2 aromatic rings. The van der Waals surface area contributed by atoms with Crippen LogP contribution < -0.4 is 22.1 Å². The summed E-state index contributed by atoms with van der Waals surface area (Å²) in [6.45, 7) is 0.687. The number of likely N-dealkylation sites (tertiary alicyclic amines) is 1. The maximum atomic E-state index is 13.6. The number of carbonyl (C=O) groups excluding carboxylic acids is 3. The SMILES string of the molecule is NCCCCC(NC(=O)C(N)Cc1ccccc1)C(=O)NC(Cc1ccc(O)cc1)C(=O)N1CCCC1C(=O)O. The van der Waals surface area contributed by atoms with E-state index in [-0.39, 0.29) is 31.6 Å². The van der Waals surface area contributed by atoms with Crippen LogP contribution in [0.4, 0.5) is 0 Å². The molecule has 2 aromatic carbocycles. The molecule has 216 valence electrons. The van der Waals surface area contributed by atoms with Gasteiger partial charge < -0.3 is 37.2 Å². The van der Waals surface area contributed by atoms with Gasteiger partial charge in [-0.1, -0.05) is 42.5 Å². The normalized spacial score (nSPS) is 17.1. The highest BCUT2D eigenvalue weighted by atomic mass is 16.4. The molecule has 40 heavy (non-hydrogen) atoms. The largest absolute Gasteiger partial charge is 0.508 e. The molecular weight excluding hydrogens is 514 g/mol. The topological polar surface area (TPSA) is 188 Å².